The maximum absolute atomic E-state index is 12.5. The second kappa shape index (κ2) is 21.1. The molecule has 0 amide bonds. The van der Waals surface area contributed by atoms with E-state index in [0.717, 1.165) is 18.4 Å². The van der Waals surface area contributed by atoms with Gasteiger partial charge in [-0.2, -0.15) is 0 Å². The zero-order chi connectivity index (χ0) is 27.2. The van der Waals surface area contributed by atoms with E-state index in [1.165, 1.54) is 64.2 Å². The van der Waals surface area contributed by atoms with Gasteiger partial charge in [0.1, 0.15) is 19.3 Å². The van der Waals surface area contributed by atoms with E-state index in [-0.39, 0.29) is 13.2 Å². The number of rotatable bonds is 25. The Hall–Kier alpha value is -0.790. The van der Waals surface area contributed by atoms with E-state index in [1.54, 1.807) is 0 Å². The fourth-order valence-electron chi connectivity index (χ4n) is 4.01. The van der Waals surface area contributed by atoms with E-state index in [2.05, 4.69) is 12.2 Å². The fraction of sp³-hybridized carbons (Fsp3) is 0.793. The Balaban J connectivity index is 2.26. The van der Waals surface area contributed by atoms with Crippen molar-refractivity contribution in [3.63, 3.8) is 0 Å². The van der Waals surface area contributed by atoms with Gasteiger partial charge in [-0.1, -0.05) is 108 Å². The summed E-state index contributed by atoms with van der Waals surface area (Å²) in [5, 5.41) is 3.31. The van der Waals surface area contributed by atoms with Crippen LogP contribution in [-0.2, 0) is 24.9 Å². The number of phosphoric acid groups is 1. The van der Waals surface area contributed by atoms with E-state index >= 15 is 0 Å². The monoisotopic (exact) mass is 543 g/mol. The van der Waals surface area contributed by atoms with E-state index in [0.29, 0.717) is 30.7 Å². The summed E-state index contributed by atoms with van der Waals surface area (Å²) in [7, 11) is 1.85. The highest BCUT2D eigenvalue weighted by Gasteiger charge is 2.27. The molecular formula is C29H56N2O5P+. The van der Waals surface area contributed by atoms with E-state index < -0.39 is 13.9 Å². The summed E-state index contributed by atoms with van der Waals surface area (Å²) < 4.78 is 29.7. The Labute approximate surface area is 227 Å². The summed E-state index contributed by atoms with van der Waals surface area (Å²) in [6.07, 6.45) is 15.1. The minimum absolute atomic E-state index is 0.154. The molecule has 1 rings (SSSR count). The first-order valence-electron chi connectivity index (χ1n) is 14.5. The SMILES string of the molecule is CCCCCCCCCCCCCCOCC(CNCc1ccccc1)OP(=O)(O)OCC[N+](C)(C)C. The van der Waals surface area contributed by atoms with Crippen molar-refractivity contribution >= 4 is 7.82 Å². The third-order valence-electron chi connectivity index (χ3n) is 6.29. The molecule has 0 saturated carbocycles. The number of hydrogen-bond acceptors (Lipinski definition) is 5. The number of nitrogens with zero attached hydrogens (tertiary/aromatic N) is 1. The molecule has 0 aliphatic rings. The maximum atomic E-state index is 12.5. The average Bonchev–Trinajstić information content (AvgIpc) is 2.83. The minimum atomic E-state index is -4.17. The molecule has 0 aliphatic carbocycles. The van der Waals surface area contributed by atoms with Gasteiger partial charge in [0, 0.05) is 19.7 Å². The van der Waals surface area contributed by atoms with E-state index in [1.807, 2.05) is 51.5 Å². The van der Waals surface area contributed by atoms with Gasteiger partial charge in [0.15, 0.2) is 0 Å². The Bertz CT molecular complexity index is 699. The van der Waals surface area contributed by atoms with Crippen LogP contribution in [0.3, 0.4) is 0 Å². The highest BCUT2D eigenvalue weighted by atomic mass is 31.2. The van der Waals surface area contributed by atoms with Crippen molar-refractivity contribution < 1.29 is 27.7 Å². The van der Waals surface area contributed by atoms with Crippen LogP contribution in [0.2, 0.25) is 0 Å². The molecule has 0 bridgehead atoms. The van der Waals surface area contributed by atoms with Crippen molar-refractivity contribution in [2.75, 3.05) is 54.1 Å². The Morgan fingerprint density at radius 3 is 2.00 bits per heavy atom. The van der Waals surface area contributed by atoms with Gasteiger partial charge >= 0.3 is 7.82 Å². The van der Waals surface area contributed by atoms with Gasteiger partial charge in [0.2, 0.25) is 0 Å². The number of phosphoric ester groups is 1. The van der Waals surface area contributed by atoms with Crippen LogP contribution in [0.25, 0.3) is 0 Å². The van der Waals surface area contributed by atoms with E-state index in [4.69, 9.17) is 13.8 Å². The molecule has 0 heterocycles. The summed E-state index contributed by atoms with van der Waals surface area (Å²) in [6.45, 7) is 4.96. The molecule has 0 aliphatic heterocycles. The van der Waals surface area contributed by atoms with Crippen molar-refractivity contribution in [3.05, 3.63) is 35.9 Å². The molecule has 1 aromatic carbocycles. The summed E-state index contributed by atoms with van der Waals surface area (Å²) in [4.78, 5) is 10.2. The molecule has 8 heteroatoms. The van der Waals surface area contributed by atoms with Crippen LogP contribution >= 0.6 is 7.82 Å². The molecular weight excluding hydrogens is 487 g/mol. The molecule has 0 saturated heterocycles. The topological polar surface area (TPSA) is 77.0 Å². The van der Waals surface area contributed by atoms with Gasteiger partial charge in [0.05, 0.1) is 27.7 Å². The number of quaternary nitrogens is 1. The van der Waals surface area contributed by atoms with Crippen LogP contribution in [0.4, 0.5) is 0 Å². The van der Waals surface area contributed by atoms with Crippen molar-refractivity contribution in [1.29, 1.82) is 0 Å². The van der Waals surface area contributed by atoms with Gasteiger partial charge in [-0.15, -0.1) is 0 Å². The smallest absolute Gasteiger partial charge is 0.379 e. The molecule has 0 fully saturated rings. The van der Waals surface area contributed by atoms with Crippen LogP contribution in [0.1, 0.15) is 89.5 Å². The largest absolute Gasteiger partial charge is 0.472 e. The Kier molecular flexibility index (Phi) is 19.5. The summed E-state index contributed by atoms with van der Waals surface area (Å²) in [5.74, 6) is 0. The number of ether oxygens (including phenoxy) is 1. The number of hydrogen-bond donors (Lipinski definition) is 2. The Morgan fingerprint density at radius 2 is 1.43 bits per heavy atom. The summed E-state index contributed by atoms with van der Waals surface area (Å²) >= 11 is 0. The maximum Gasteiger partial charge on any atom is 0.472 e. The zero-order valence-corrected chi connectivity index (χ0v) is 25.1. The van der Waals surface area contributed by atoms with Crippen molar-refractivity contribution in [2.45, 2.75) is 96.6 Å². The zero-order valence-electron chi connectivity index (χ0n) is 24.2. The van der Waals surface area contributed by atoms with Gasteiger partial charge < -0.3 is 19.4 Å². The first-order chi connectivity index (χ1) is 17.7. The summed E-state index contributed by atoms with van der Waals surface area (Å²) in [6, 6.07) is 10.0. The normalized spacial score (nSPS) is 14.5. The second-order valence-electron chi connectivity index (χ2n) is 11.1. The molecule has 37 heavy (non-hydrogen) atoms. The van der Waals surface area contributed by atoms with Gasteiger partial charge in [-0.25, -0.2) is 4.57 Å². The van der Waals surface area contributed by atoms with Crippen LogP contribution in [-0.4, -0.2) is 69.5 Å². The second-order valence-corrected chi connectivity index (χ2v) is 12.5. The van der Waals surface area contributed by atoms with Crippen LogP contribution < -0.4 is 5.32 Å². The van der Waals surface area contributed by atoms with Crippen LogP contribution in [0.5, 0.6) is 0 Å². The number of likely N-dealkylation sites (N-methyl/N-ethyl adjacent to an activating group) is 1. The third-order valence-corrected chi connectivity index (χ3v) is 7.36. The quantitative estimate of drug-likeness (QED) is 0.0812. The van der Waals surface area contributed by atoms with Crippen molar-refractivity contribution in [3.8, 4) is 0 Å². The molecule has 0 radical (unpaired) electrons. The molecule has 7 nitrogen and oxygen atoms in total. The molecule has 1 aromatic rings. The minimum Gasteiger partial charge on any atom is -0.379 e. The van der Waals surface area contributed by atoms with Gasteiger partial charge in [-0.05, 0) is 12.0 Å². The molecule has 2 N–H and O–H groups in total. The van der Waals surface area contributed by atoms with E-state index in [9.17, 15) is 9.46 Å². The molecule has 0 aromatic heterocycles. The summed E-state index contributed by atoms with van der Waals surface area (Å²) in [5.41, 5.74) is 1.14. The molecule has 216 valence electrons. The first kappa shape index (κ1) is 34.2. The standard InChI is InChI=1S/C29H55N2O5P/c1-5-6-7-8-9-10-11-12-13-14-15-19-23-34-27-29(26-30-25-28-20-17-16-18-21-28)36-37(32,33)35-24-22-31(2,3)4/h16-18,20-21,29-30H,5-15,19,22-27H2,1-4H3/p+1. The fourth-order valence-corrected chi connectivity index (χ4v) is 4.89. The van der Waals surface area contributed by atoms with Crippen molar-refractivity contribution in [1.82, 2.24) is 5.32 Å². The highest BCUT2D eigenvalue weighted by molar-refractivity contribution is 7.47. The average molecular weight is 544 g/mol. The van der Waals surface area contributed by atoms with Crippen LogP contribution in [0.15, 0.2) is 30.3 Å². The highest BCUT2D eigenvalue weighted by Crippen LogP contribution is 2.44. The van der Waals surface area contributed by atoms with Crippen LogP contribution in [0, 0.1) is 0 Å². The Morgan fingerprint density at radius 1 is 0.865 bits per heavy atom. The lowest BCUT2D eigenvalue weighted by atomic mass is 10.1. The number of unbranched alkanes of at least 4 members (excludes halogenated alkanes) is 11. The lowest BCUT2D eigenvalue weighted by molar-refractivity contribution is -0.870. The molecule has 2 atom stereocenters. The molecule has 0 spiro atoms. The predicted molar refractivity (Wildman–Crippen MR) is 154 cm³/mol. The first-order valence-corrected chi connectivity index (χ1v) is 16.0. The predicted octanol–water partition coefficient (Wildman–Crippen LogP) is 6.70. The lowest BCUT2D eigenvalue weighted by Gasteiger charge is -2.25. The number of nitrogens with one attached hydrogen (secondary N) is 1. The third kappa shape index (κ3) is 21.8. The van der Waals surface area contributed by atoms with Gasteiger partial charge in [-0.3, -0.25) is 9.05 Å². The number of benzene rings is 1. The van der Waals surface area contributed by atoms with Crippen molar-refractivity contribution in [2.24, 2.45) is 0 Å². The lowest BCUT2D eigenvalue weighted by Crippen LogP contribution is -2.37. The van der Waals surface area contributed by atoms with Gasteiger partial charge in [0.25, 0.3) is 0 Å². The molecule has 2 unspecified atom stereocenters.